The first kappa shape index (κ1) is 19.5. The molecule has 3 rings (SSSR count). The van der Waals surface area contributed by atoms with E-state index in [1.54, 1.807) is 6.07 Å². The molecule has 0 saturated heterocycles. The smallest absolute Gasteiger partial charge is 0.325 e. The Kier molecular flexibility index (Phi) is 5.41. The van der Waals surface area contributed by atoms with Gasteiger partial charge >= 0.3 is 5.97 Å². The summed E-state index contributed by atoms with van der Waals surface area (Å²) in [4.78, 5) is 35.6. The van der Waals surface area contributed by atoms with Gasteiger partial charge < -0.3 is 10.1 Å². The van der Waals surface area contributed by atoms with Gasteiger partial charge in [-0.1, -0.05) is 24.3 Å². The molecule has 0 atom stereocenters. The van der Waals surface area contributed by atoms with Crippen LogP contribution in [0.1, 0.15) is 20.7 Å². The molecule has 1 N–H and O–H groups in total. The molecule has 1 aliphatic heterocycles. The summed E-state index contributed by atoms with van der Waals surface area (Å²) in [6.45, 7) is -1.27. The molecule has 1 heterocycles. The maximum absolute atomic E-state index is 13.5. The number of carbonyl (C=O) groups excluding carboxylic acids is 3. The molecule has 0 spiro atoms. The minimum absolute atomic E-state index is 0.0611. The fourth-order valence-corrected chi connectivity index (χ4v) is 4.19. The summed E-state index contributed by atoms with van der Waals surface area (Å²) < 4.78 is 43.7. The van der Waals surface area contributed by atoms with Crippen LogP contribution in [0.15, 0.2) is 53.4 Å². The van der Waals surface area contributed by atoms with E-state index in [1.807, 2.05) is 0 Å². The lowest BCUT2D eigenvalue weighted by Crippen LogP contribution is -2.35. The molecule has 0 aliphatic carbocycles. The highest BCUT2D eigenvalue weighted by Gasteiger charge is 2.40. The number of hydrogen-bond acceptors (Lipinski definition) is 6. The van der Waals surface area contributed by atoms with Gasteiger partial charge in [-0.2, -0.15) is 0 Å². The molecule has 0 aromatic heterocycles. The van der Waals surface area contributed by atoms with Crippen LogP contribution in [0.4, 0.5) is 4.39 Å². The molecule has 10 heteroatoms. The first-order chi connectivity index (χ1) is 13.3. The van der Waals surface area contributed by atoms with Gasteiger partial charge in [-0.25, -0.2) is 17.1 Å². The molecule has 0 fully saturated rings. The Hall–Kier alpha value is -3.27. The predicted molar refractivity (Wildman–Crippen MR) is 94.4 cm³/mol. The van der Waals surface area contributed by atoms with Crippen LogP contribution in [0.25, 0.3) is 0 Å². The number of sulfonamides is 1. The molecule has 0 bridgehead atoms. The number of ether oxygens (including phenoxy) is 1. The monoisotopic (exact) mass is 406 g/mol. The summed E-state index contributed by atoms with van der Waals surface area (Å²) in [5.74, 6) is -3.07. The van der Waals surface area contributed by atoms with E-state index in [0.717, 1.165) is 6.07 Å². The third kappa shape index (κ3) is 3.72. The summed E-state index contributed by atoms with van der Waals surface area (Å²) in [5.41, 5.74) is -0.159. The topological polar surface area (TPSA) is 110 Å². The van der Waals surface area contributed by atoms with Crippen molar-refractivity contribution < 1.29 is 31.9 Å². The molecular formula is C18H15FN2O6S. The lowest BCUT2D eigenvalue weighted by atomic mass is 10.2. The first-order valence-electron chi connectivity index (χ1n) is 8.17. The highest BCUT2D eigenvalue weighted by molar-refractivity contribution is 7.90. The van der Waals surface area contributed by atoms with Gasteiger partial charge in [0.15, 0.2) is 0 Å². The van der Waals surface area contributed by atoms with Gasteiger partial charge in [0.1, 0.15) is 23.9 Å². The zero-order valence-corrected chi connectivity index (χ0v) is 15.2. The van der Waals surface area contributed by atoms with E-state index in [1.165, 1.54) is 36.4 Å². The molecular weight excluding hydrogens is 391 g/mol. The van der Waals surface area contributed by atoms with Crippen molar-refractivity contribution in [3.63, 3.8) is 0 Å². The zero-order valence-electron chi connectivity index (χ0n) is 14.4. The number of halogens is 1. The van der Waals surface area contributed by atoms with Crippen LogP contribution in [0, 0.1) is 5.82 Å². The maximum Gasteiger partial charge on any atom is 0.325 e. The first-order valence-corrected chi connectivity index (χ1v) is 9.61. The van der Waals surface area contributed by atoms with Crippen molar-refractivity contribution in [2.75, 3.05) is 19.7 Å². The van der Waals surface area contributed by atoms with Crippen molar-refractivity contribution in [1.82, 2.24) is 9.62 Å². The van der Waals surface area contributed by atoms with Crippen LogP contribution in [0.5, 0.6) is 0 Å². The van der Waals surface area contributed by atoms with E-state index in [-0.39, 0.29) is 29.2 Å². The SMILES string of the molecule is O=C(CNC(=O)c1ccccc1F)OCCN1C(=O)c2ccccc2S1(=O)=O. The number of benzene rings is 2. The van der Waals surface area contributed by atoms with Crippen LogP contribution in [-0.2, 0) is 19.6 Å². The highest BCUT2D eigenvalue weighted by Crippen LogP contribution is 2.29. The average molecular weight is 406 g/mol. The summed E-state index contributed by atoms with van der Waals surface area (Å²) in [6, 6.07) is 11.1. The van der Waals surface area contributed by atoms with Crippen LogP contribution < -0.4 is 5.32 Å². The third-order valence-electron chi connectivity index (χ3n) is 3.98. The molecule has 0 unspecified atom stereocenters. The van der Waals surface area contributed by atoms with Crippen molar-refractivity contribution in [1.29, 1.82) is 0 Å². The molecule has 8 nitrogen and oxygen atoms in total. The second-order valence-electron chi connectivity index (χ2n) is 5.76. The number of amides is 2. The van der Waals surface area contributed by atoms with Crippen LogP contribution >= 0.6 is 0 Å². The Labute approximate surface area is 160 Å². The van der Waals surface area contributed by atoms with E-state index < -0.39 is 40.2 Å². The van der Waals surface area contributed by atoms with Crippen LogP contribution in [0.2, 0.25) is 0 Å². The molecule has 2 aromatic carbocycles. The lowest BCUT2D eigenvalue weighted by molar-refractivity contribution is -0.142. The van der Waals surface area contributed by atoms with E-state index in [2.05, 4.69) is 5.32 Å². The fourth-order valence-electron chi connectivity index (χ4n) is 2.64. The Morgan fingerprint density at radius 1 is 1.07 bits per heavy atom. The number of nitrogens with zero attached hydrogens (tertiary/aromatic N) is 1. The van der Waals surface area contributed by atoms with Gasteiger partial charge in [0.25, 0.3) is 21.8 Å². The minimum atomic E-state index is -3.98. The van der Waals surface area contributed by atoms with E-state index >= 15 is 0 Å². The maximum atomic E-state index is 13.5. The molecule has 0 saturated carbocycles. The molecule has 1 aliphatic rings. The second-order valence-corrected chi connectivity index (χ2v) is 7.59. The predicted octanol–water partition coefficient (Wildman–Crippen LogP) is 0.943. The molecule has 28 heavy (non-hydrogen) atoms. The Balaban J connectivity index is 1.51. The average Bonchev–Trinajstić information content (AvgIpc) is 2.87. The number of rotatable bonds is 6. The third-order valence-corrected chi connectivity index (χ3v) is 5.82. The Bertz CT molecular complexity index is 1050. The molecule has 146 valence electrons. The molecule has 2 amide bonds. The van der Waals surface area contributed by atoms with Crippen molar-refractivity contribution >= 4 is 27.8 Å². The summed E-state index contributed by atoms with van der Waals surface area (Å²) in [6.07, 6.45) is 0. The number of carbonyl (C=O) groups is 3. The Morgan fingerprint density at radius 3 is 2.46 bits per heavy atom. The lowest BCUT2D eigenvalue weighted by Gasteiger charge is -2.15. The van der Waals surface area contributed by atoms with E-state index in [0.29, 0.717) is 4.31 Å². The number of nitrogens with one attached hydrogen (secondary N) is 1. The minimum Gasteiger partial charge on any atom is -0.462 e. The van der Waals surface area contributed by atoms with Gasteiger partial charge in [0, 0.05) is 0 Å². The van der Waals surface area contributed by atoms with Crippen LogP contribution in [-0.4, -0.2) is 50.2 Å². The van der Waals surface area contributed by atoms with Gasteiger partial charge in [0.05, 0.1) is 17.7 Å². The van der Waals surface area contributed by atoms with Crippen molar-refractivity contribution in [2.24, 2.45) is 0 Å². The number of esters is 1. The summed E-state index contributed by atoms with van der Waals surface area (Å²) in [7, 11) is -3.98. The van der Waals surface area contributed by atoms with Crippen molar-refractivity contribution in [2.45, 2.75) is 4.90 Å². The van der Waals surface area contributed by atoms with E-state index in [9.17, 15) is 27.2 Å². The summed E-state index contributed by atoms with van der Waals surface area (Å²) in [5, 5.41) is 2.20. The largest absolute Gasteiger partial charge is 0.462 e. The quantitative estimate of drug-likeness (QED) is 0.715. The van der Waals surface area contributed by atoms with Crippen molar-refractivity contribution in [3.05, 3.63) is 65.5 Å². The van der Waals surface area contributed by atoms with Gasteiger partial charge in [-0.3, -0.25) is 14.4 Å². The van der Waals surface area contributed by atoms with Crippen LogP contribution in [0.3, 0.4) is 0 Å². The van der Waals surface area contributed by atoms with Gasteiger partial charge in [-0.15, -0.1) is 0 Å². The fraction of sp³-hybridized carbons (Fsp3) is 0.167. The molecule has 0 radical (unpaired) electrons. The van der Waals surface area contributed by atoms with Crippen molar-refractivity contribution in [3.8, 4) is 0 Å². The normalized spacial score (nSPS) is 14.5. The molecule has 2 aromatic rings. The Morgan fingerprint density at radius 2 is 1.75 bits per heavy atom. The van der Waals surface area contributed by atoms with Gasteiger partial charge in [0.2, 0.25) is 0 Å². The standard InChI is InChI=1S/C18H15FN2O6S/c19-14-7-3-1-5-12(14)17(23)20-11-16(22)27-10-9-21-18(24)13-6-2-4-8-15(13)28(21,25)26/h1-8H,9-11H2,(H,20,23). The number of hydrogen-bond donors (Lipinski definition) is 1. The second kappa shape index (κ2) is 7.77. The van der Waals surface area contributed by atoms with E-state index in [4.69, 9.17) is 4.74 Å². The zero-order chi connectivity index (χ0) is 20.3. The van der Waals surface area contributed by atoms with Gasteiger partial charge in [-0.05, 0) is 24.3 Å². The highest BCUT2D eigenvalue weighted by atomic mass is 32.2. The summed E-state index contributed by atoms with van der Waals surface area (Å²) >= 11 is 0. The number of fused-ring (bicyclic) bond motifs is 1.